The second-order valence-corrected chi connectivity index (χ2v) is 3.28. The van der Waals surface area contributed by atoms with Gasteiger partial charge in [-0.15, -0.1) is 5.16 Å². The maximum Gasteiger partial charge on any atom is 0.171 e. The average Bonchev–Trinajstić information content (AvgIpc) is 2.18. The summed E-state index contributed by atoms with van der Waals surface area (Å²) in [4.78, 5) is 11.6. The van der Waals surface area contributed by atoms with Gasteiger partial charge in [0.1, 0.15) is 0 Å². The van der Waals surface area contributed by atoms with Crippen molar-refractivity contribution in [3.63, 3.8) is 0 Å². The number of nitrogens with zero attached hydrogens (tertiary/aromatic N) is 1. The van der Waals surface area contributed by atoms with Crippen LogP contribution in [0.4, 0.5) is 0 Å². The van der Waals surface area contributed by atoms with Gasteiger partial charge in [-0.3, -0.25) is 4.79 Å². The molecule has 0 amide bonds. The van der Waals surface area contributed by atoms with Crippen LogP contribution in [0.5, 0.6) is 0 Å². The van der Waals surface area contributed by atoms with Gasteiger partial charge in [0.2, 0.25) is 0 Å². The van der Waals surface area contributed by atoms with Gasteiger partial charge in [-0.25, -0.2) is 0 Å². The van der Waals surface area contributed by atoms with E-state index in [2.05, 4.69) is 5.16 Å². The Morgan fingerprint density at radius 2 is 2.00 bits per heavy atom. The van der Waals surface area contributed by atoms with E-state index in [1.54, 1.807) is 19.1 Å². The fourth-order valence-electron chi connectivity index (χ4n) is 1.15. The summed E-state index contributed by atoms with van der Waals surface area (Å²) in [6, 6.07) is 7.32. The molecule has 0 fully saturated rings. The number of aryl methyl sites for hydroxylation is 1. The van der Waals surface area contributed by atoms with Crippen molar-refractivity contribution in [3.8, 4) is 0 Å². The van der Waals surface area contributed by atoms with Crippen LogP contribution in [0.15, 0.2) is 29.4 Å². The minimum absolute atomic E-state index is 0.0391. The van der Waals surface area contributed by atoms with E-state index < -0.39 is 0 Å². The van der Waals surface area contributed by atoms with Crippen LogP contribution in [0.1, 0.15) is 22.8 Å². The van der Waals surface area contributed by atoms with E-state index in [1.807, 2.05) is 19.1 Å². The zero-order valence-corrected chi connectivity index (χ0v) is 8.27. The Morgan fingerprint density at radius 1 is 1.43 bits per heavy atom. The summed E-state index contributed by atoms with van der Waals surface area (Å²) < 4.78 is 0. The van der Waals surface area contributed by atoms with Gasteiger partial charge in [-0.1, -0.05) is 29.8 Å². The average molecular weight is 191 g/mol. The predicted octanol–water partition coefficient (Wildman–Crippen LogP) is 2.27. The molecule has 1 rings (SSSR count). The summed E-state index contributed by atoms with van der Waals surface area (Å²) >= 11 is 0. The molecule has 0 saturated heterocycles. The molecule has 0 spiro atoms. The van der Waals surface area contributed by atoms with E-state index >= 15 is 0 Å². The van der Waals surface area contributed by atoms with Crippen molar-refractivity contribution in [3.05, 3.63) is 35.4 Å². The molecular formula is C11H13NO2. The van der Waals surface area contributed by atoms with Crippen molar-refractivity contribution in [2.24, 2.45) is 11.1 Å². The highest BCUT2D eigenvalue weighted by atomic mass is 16.4. The lowest BCUT2D eigenvalue weighted by Crippen LogP contribution is -2.12. The number of carbonyl (C=O) groups is 1. The molecule has 3 nitrogen and oxygen atoms in total. The highest BCUT2D eigenvalue weighted by Crippen LogP contribution is 2.08. The number of benzene rings is 1. The smallest absolute Gasteiger partial charge is 0.171 e. The molecule has 0 heterocycles. The van der Waals surface area contributed by atoms with Crippen LogP contribution in [0.25, 0.3) is 0 Å². The third-order valence-electron chi connectivity index (χ3n) is 2.04. The van der Waals surface area contributed by atoms with Crippen LogP contribution in [0.2, 0.25) is 0 Å². The van der Waals surface area contributed by atoms with Crippen LogP contribution >= 0.6 is 0 Å². The molecule has 0 aliphatic carbocycles. The van der Waals surface area contributed by atoms with Crippen molar-refractivity contribution in [2.45, 2.75) is 13.8 Å². The highest BCUT2D eigenvalue weighted by Gasteiger charge is 2.12. The molecule has 0 saturated carbocycles. The standard InChI is InChI=1S/C11H13NO2/c1-8-3-5-10(6-4-8)11(13)9(2)7-12-14/h3-7,9,14H,1-2H3. The molecular weight excluding hydrogens is 178 g/mol. The molecule has 0 aliphatic heterocycles. The number of hydrogen-bond acceptors (Lipinski definition) is 3. The van der Waals surface area contributed by atoms with Gasteiger partial charge in [0, 0.05) is 5.56 Å². The van der Waals surface area contributed by atoms with E-state index in [4.69, 9.17) is 5.21 Å². The molecule has 74 valence electrons. The van der Waals surface area contributed by atoms with Crippen molar-refractivity contribution < 1.29 is 10.0 Å². The highest BCUT2D eigenvalue weighted by molar-refractivity contribution is 6.05. The van der Waals surface area contributed by atoms with Crippen molar-refractivity contribution in [1.82, 2.24) is 0 Å². The second kappa shape index (κ2) is 4.56. The van der Waals surface area contributed by atoms with Gasteiger partial charge >= 0.3 is 0 Å². The summed E-state index contributed by atoms with van der Waals surface area (Å²) in [7, 11) is 0. The molecule has 0 radical (unpaired) electrons. The molecule has 1 N–H and O–H groups in total. The van der Waals surface area contributed by atoms with Crippen LogP contribution in [-0.4, -0.2) is 17.2 Å². The first-order valence-electron chi connectivity index (χ1n) is 4.43. The van der Waals surface area contributed by atoms with Gasteiger partial charge in [0.25, 0.3) is 0 Å². The van der Waals surface area contributed by atoms with Crippen LogP contribution < -0.4 is 0 Å². The first kappa shape index (κ1) is 10.4. The van der Waals surface area contributed by atoms with E-state index in [0.29, 0.717) is 5.56 Å². The molecule has 0 aromatic heterocycles. The summed E-state index contributed by atoms with van der Waals surface area (Å²) in [6.45, 7) is 3.66. The normalized spacial score (nSPS) is 13.0. The maximum atomic E-state index is 11.6. The Hall–Kier alpha value is -1.64. The quantitative estimate of drug-likeness (QED) is 0.345. The van der Waals surface area contributed by atoms with E-state index in [1.165, 1.54) is 6.21 Å². The summed E-state index contributed by atoms with van der Waals surface area (Å²) in [5, 5.41) is 11.1. The Balaban J connectivity index is 2.84. The number of rotatable bonds is 3. The van der Waals surface area contributed by atoms with Crippen molar-refractivity contribution in [2.75, 3.05) is 0 Å². The number of oxime groups is 1. The van der Waals surface area contributed by atoms with E-state index in [9.17, 15) is 4.79 Å². The van der Waals surface area contributed by atoms with E-state index in [-0.39, 0.29) is 11.7 Å². The third-order valence-corrected chi connectivity index (χ3v) is 2.04. The minimum Gasteiger partial charge on any atom is -0.411 e. The fourth-order valence-corrected chi connectivity index (χ4v) is 1.15. The lowest BCUT2D eigenvalue weighted by molar-refractivity contribution is 0.0962. The molecule has 0 aliphatic rings. The summed E-state index contributed by atoms with van der Waals surface area (Å²) in [5.74, 6) is -0.425. The summed E-state index contributed by atoms with van der Waals surface area (Å²) in [6.07, 6.45) is 1.22. The molecule has 1 atom stereocenters. The number of carbonyl (C=O) groups excluding carboxylic acids is 1. The monoisotopic (exact) mass is 191 g/mol. The number of Topliss-reactive ketones (excluding diaryl/α,β-unsaturated/α-hetero) is 1. The maximum absolute atomic E-state index is 11.6. The third kappa shape index (κ3) is 2.42. The first-order valence-corrected chi connectivity index (χ1v) is 4.43. The van der Waals surface area contributed by atoms with E-state index in [0.717, 1.165) is 5.56 Å². The Bertz CT molecular complexity index is 341. The lowest BCUT2D eigenvalue weighted by atomic mass is 10.00. The number of hydrogen-bond donors (Lipinski definition) is 1. The fraction of sp³-hybridized carbons (Fsp3) is 0.273. The Labute approximate surface area is 83.1 Å². The van der Waals surface area contributed by atoms with Gasteiger partial charge in [0.15, 0.2) is 5.78 Å². The zero-order valence-electron chi connectivity index (χ0n) is 8.27. The van der Waals surface area contributed by atoms with Gasteiger partial charge in [-0.2, -0.15) is 0 Å². The molecule has 1 aromatic rings. The SMILES string of the molecule is Cc1ccc(C(=O)C(C)C=NO)cc1. The molecule has 3 heteroatoms. The lowest BCUT2D eigenvalue weighted by Gasteiger charge is -2.03. The van der Waals surface area contributed by atoms with Crippen molar-refractivity contribution in [1.29, 1.82) is 0 Å². The van der Waals surface area contributed by atoms with Gasteiger partial charge < -0.3 is 5.21 Å². The predicted molar refractivity (Wildman–Crippen MR) is 55.0 cm³/mol. The summed E-state index contributed by atoms with van der Waals surface area (Å²) in [5.41, 5.74) is 1.76. The zero-order chi connectivity index (χ0) is 10.6. The Morgan fingerprint density at radius 3 is 2.50 bits per heavy atom. The van der Waals surface area contributed by atoms with Crippen LogP contribution in [-0.2, 0) is 0 Å². The topological polar surface area (TPSA) is 49.7 Å². The Kier molecular flexibility index (Phi) is 3.40. The van der Waals surface area contributed by atoms with Crippen LogP contribution in [0.3, 0.4) is 0 Å². The van der Waals surface area contributed by atoms with Gasteiger partial charge in [-0.05, 0) is 13.8 Å². The molecule has 1 aromatic carbocycles. The van der Waals surface area contributed by atoms with Gasteiger partial charge in [0.05, 0.1) is 12.1 Å². The minimum atomic E-state index is -0.386. The molecule has 14 heavy (non-hydrogen) atoms. The van der Waals surface area contributed by atoms with Crippen LogP contribution in [0, 0.1) is 12.8 Å². The van der Waals surface area contributed by atoms with Crippen molar-refractivity contribution >= 4 is 12.0 Å². The second-order valence-electron chi connectivity index (χ2n) is 3.28. The molecule has 1 unspecified atom stereocenters. The largest absolute Gasteiger partial charge is 0.411 e. The molecule has 0 bridgehead atoms. The number of ketones is 1. The first-order chi connectivity index (χ1) is 6.65.